The molecule has 5 heteroatoms. The van der Waals surface area contributed by atoms with Crippen LogP contribution in [0.4, 0.5) is 0 Å². The van der Waals surface area contributed by atoms with Gasteiger partial charge in [-0.2, -0.15) is 0 Å². The van der Waals surface area contributed by atoms with E-state index >= 15 is 0 Å². The van der Waals surface area contributed by atoms with E-state index in [2.05, 4.69) is 4.90 Å². The van der Waals surface area contributed by atoms with Gasteiger partial charge in [-0.25, -0.2) is 8.42 Å². The number of benzene rings is 1. The molecular formula is C14H21NO3S. The first-order valence-corrected chi connectivity index (χ1v) is 8.47. The van der Waals surface area contributed by atoms with Crippen molar-refractivity contribution in [2.75, 3.05) is 31.7 Å². The molecule has 2 rings (SSSR count). The summed E-state index contributed by atoms with van der Waals surface area (Å²) in [6.07, 6.45) is 1.67. The van der Waals surface area contributed by atoms with Crippen molar-refractivity contribution in [2.45, 2.75) is 18.9 Å². The van der Waals surface area contributed by atoms with Crippen LogP contribution in [0.25, 0.3) is 0 Å². The van der Waals surface area contributed by atoms with Crippen LogP contribution in [0.5, 0.6) is 5.75 Å². The minimum atomic E-state index is -2.79. The Balaban J connectivity index is 1.66. The van der Waals surface area contributed by atoms with Gasteiger partial charge in [0.2, 0.25) is 0 Å². The van der Waals surface area contributed by atoms with E-state index in [1.54, 1.807) is 0 Å². The zero-order chi connectivity index (χ0) is 13.7. The fourth-order valence-electron chi connectivity index (χ4n) is 2.33. The lowest BCUT2D eigenvalue weighted by Crippen LogP contribution is -2.34. The summed E-state index contributed by atoms with van der Waals surface area (Å²) < 4.78 is 28.4. The average Bonchev–Trinajstić information content (AvgIpc) is 2.76. The van der Waals surface area contributed by atoms with Crippen molar-refractivity contribution in [1.29, 1.82) is 0 Å². The summed E-state index contributed by atoms with van der Waals surface area (Å²) in [5.41, 5.74) is 0. The Kier molecular flexibility index (Phi) is 4.82. The van der Waals surface area contributed by atoms with Crippen molar-refractivity contribution in [1.82, 2.24) is 4.90 Å². The van der Waals surface area contributed by atoms with E-state index in [0.29, 0.717) is 18.1 Å². The molecule has 106 valence electrons. The molecule has 0 bridgehead atoms. The van der Waals surface area contributed by atoms with Crippen LogP contribution >= 0.6 is 0 Å². The van der Waals surface area contributed by atoms with E-state index in [4.69, 9.17) is 4.74 Å². The van der Waals surface area contributed by atoms with Gasteiger partial charge in [-0.1, -0.05) is 18.2 Å². The maximum Gasteiger partial charge on any atom is 0.151 e. The molecular weight excluding hydrogens is 262 g/mol. The lowest BCUT2D eigenvalue weighted by atomic mass is 10.2. The predicted octanol–water partition coefficient (Wildman–Crippen LogP) is 1.57. The lowest BCUT2D eigenvalue weighted by Gasteiger charge is -2.22. The Hall–Kier alpha value is -1.07. The van der Waals surface area contributed by atoms with E-state index in [-0.39, 0.29) is 6.04 Å². The lowest BCUT2D eigenvalue weighted by molar-refractivity contribution is 0.227. The number of ether oxygens (including phenoxy) is 1. The van der Waals surface area contributed by atoms with Crippen molar-refractivity contribution in [3.8, 4) is 5.75 Å². The molecule has 1 atom stereocenters. The minimum Gasteiger partial charge on any atom is -0.494 e. The van der Waals surface area contributed by atoms with E-state index in [9.17, 15) is 8.42 Å². The molecule has 0 saturated carbocycles. The van der Waals surface area contributed by atoms with Crippen molar-refractivity contribution >= 4 is 9.84 Å². The number of nitrogens with zero attached hydrogens (tertiary/aromatic N) is 1. The van der Waals surface area contributed by atoms with Gasteiger partial charge in [0.05, 0.1) is 18.1 Å². The second-order valence-electron chi connectivity index (χ2n) is 5.05. The molecule has 1 saturated heterocycles. The van der Waals surface area contributed by atoms with E-state index < -0.39 is 9.84 Å². The molecule has 1 aliphatic heterocycles. The quantitative estimate of drug-likeness (QED) is 0.744. The molecule has 0 amide bonds. The highest BCUT2D eigenvalue weighted by atomic mass is 32.2. The molecule has 1 fully saturated rings. The molecule has 4 nitrogen and oxygen atoms in total. The Morgan fingerprint density at radius 3 is 2.68 bits per heavy atom. The van der Waals surface area contributed by atoms with Crippen LogP contribution in [0.1, 0.15) is 12.8 Å². The second-order valence-corrected chi connectivity index (χ2v) is 7.28. The molecule has 0 aromatic heterocycles. The Labute approximate surface area is 115 Å². The zero-order valence-electron chi connectivity index (χ0n) is 11.3. The molecule has 1 heterocycles. The number of rotatable bonds is 6. The van der Waals surface area contributed by atoms with Gasteiger partial charge in [0.25, 0.3) is 0 Å². The summed E-state index contributed by atoms with van der Waals surface area (Å²) in [4.78, 5) is 2.14. The van der Waals surface area contributed by atoms with E-state index in [1.807, 2.05) is 37.4 Å². The molecule has 0 spiro atoms. The van der Waals surface area contributed by atoms with Crippen LogP contribution < -0.4 is 4.74 Å². The maximum absolute atomic E-state index is 11.4. The standard InChI is InChI=1S/C14H21NO3S/c1-15(13-8-11-19(16,17)12-13)9-5-10-18-14-6-3-2-4-7-14/h2-4,6-7,13H,5,8-12H2,1H3/t13-/m1/s1. The molecule has 0 N–H and O–H groups in total. The third-order valence-corrected chi connectivity index (χ3v) is 5.25. The van der Waals surface area contributed by atoms with Gasteiger partial charge in [0, 0.05) is 12.6 Å². The molecule has 0 radical (unpaired) electrons. The number of hydrogen-bond donors (Lipinski definition) is 0. The smallest absolute Gasteiger partial charge is 0.151 e. The number of para-hydroxylation sites is 1. The Bertz CT molecular complexity index is 487. The van der Waals surface area contributed by atoms with E-state index in [1.165, 1.54) is 0 Å². The third kappa shape index (κ3) is 4.51. The first-order valence-electron chi connectivity index (χ1n) is 6.65. The van der Waals surface area contributed by atoms with Crippen LogP contribution in [0.15, 0.2) is 30.3 Å². The molecule has 0 unspecified atom stereocenters. The summed E-state index contributed by atoms with van der Waals surface area (Å²) in [6.45, 7) is 1.53. The highest BCUT2D eigenvalue weighted by molar-refractivity contribution is 7.91. The van der Waals surface area contributed by atoms with Gasteiger partial charge in [-0.3, -0.25) is 0 Å². The normalized spacial score (nSPS) is 21.7. The average molecular weight is 283 g/mol. The van der Waals surface area contributed by atoms with Crippen molar-refractivity contribution in [3.05, 3.63) is 30.3 Å². The largest absolute Gasteiger partial charge is 0.494 e. The molecule has 1 aromatic rings. The van der Waals surface area contributed by atoms with Crippen molar-refractivity contribution < 1.29 is 13.2 Å². The summed E-state index contributed by atoms with van der Waals surface area (Å²) in [5, 5.41) is 0. The fraction of sp³-hybridized carbons (Fsp3) is 0.571. The molecule has 1 aromatic carbocycles. The Morgan fingerprint density at radius 1 is 1.32 bits per heavy atom. The topological polar surface area (TPSA) is 46.6 Å². The summed E-state index contributed by atoms with van der Waals surface area (Å²) in [6, 6.07) is 9.92. The van der Waals surface area contributed by atoms with Crippen LogP contribution in [-0.4, -0.2) is 51.1 Å². The summed E-state index contributed by atoms with van der Waals surface area (Å²) >= 11 is 0. The third-order valence-electron chi connectivity index (χ3n) is 3.50. The van der Waals surface area contributed by atoms with Gasteiger partial charge in [-0.05, 0) is 32.0 Å². The molecule has 19 heavy (non-hydrogen) atoms. The van der Waals surface area contributed by atoms with Crippen LogP contribution in [0, 0.1) is 0 Å². The first-order chi connectivity index (χ1) is 9.07. The Morgan fingerprint density at radius 2 is 2.05 bits per heavy atom. The van der Waals surface area contributed by atoms with Gasteiger partial charge >= 0.3 is 0 Å². The molecule has 0 aliphatic carbocycles. The maximum atomic E-state index is 11.4. The highest BCUT2D eigenvalue weighted by Gasteiger charge is 2.30. The van der Waals surface area contributed by atoms with Gasteiger partial charge in [0.15, 0.2) is 9.84 Å². The monoisotopic (exact) mass is 283 g/mol. The van der Waals surface area contributed by atoms with Crippen LogP contribution in [-0.2, 0) is 9.84 Å². The van der Waals surface area contributed by atoms with Gasteiger partial charge < -0.3 is 9.64 Å². The number of sulfone groups is 1. The second kappa shape index (κ2) is 6.39. The first kappa shape index (κ1) is 14.3. The van der Waals surface area contributed by atoms with E-state index in [0.717, 1.165) is 25.1 Å². The number of hydrogen-bond acceptors (Lipinski definition) is 4. The summed E-state index contributed by atoms with van der Waals surface area (Å²) in [5.74, 6) is 1.53. The predicted molar refractivity (Wildman–Crippen MR) is 76.2 cm³/mol. The minimum absolute atomic E-state index is 0.182. The van der Waals surface area contributed by atoms with Gasteiger partial charge in [0.1, 0.15) is 5.75 Å². The van der Waals surface area contributed by atoms with Crippen LogP contribution in [0.3, 0.4) is 0 Å². The molecule has 1 aliphatic rings. The van der Waals surface area contributed by atoms with Crippen molar-refractivity contribution in [2.24, 2.45) is 0 Å². The highest BCUT2D eigenvalue weighted by Crippen LogP contribution is 2.16. The van der Waals surface area contributed by atoms with Crippen LogP contribution in [0.2, 0.25) is 0 Å². The fourth-order valence-corrected chi connectivity index (χ4v) is 4.13. The van der Waals surface area contributed by atoms with Crippen molar-refractivity contribution in [3.63, 3.8) is 0 Å². The summed E-state index contributed by atoms with van der Waals surface area (Å²) in [7, 11) is -0.793. The van der Waals surface area contributed by atoms with Gasteiger partial charge in [-0.15, -0.1) is 0 Å². The SMILES string of the molecule is CN(CCCOc1ccccc1)[C@@H]1CCS(=O)(=O)C1. The zero-order valence-corrected chi connectivity index (χ0v) is 12.1.